The number of alkyl halides is 1. The van der Waals surface area contributed by atoms with E-state index in [2.05, 4.69) is 15.0 Å². The van der Waals surface area contributed by atoms with Crippen LogP contribution in [0.3, 0.4) is 0 Å². The van der Waals surface area contributed by atoms with Crippen molar-refractivity contribution in [3.05, 3.63) is 47.0 Å². The first-order valence-corrected chi connectivity index (χ1v) is 8.76. The number of benzene rings is 1. The Hall–Kier alpha value is -2.39. The van der Waals surface area contributed by atoms with Gasteiger partial charge in [-0.3, -0.25) is 4.57 Å². The highest BCUT2D eigenvalue weighted by molar-refractivity contribution is 6.30. The summed E-state index contributed by atoms with van der Waals surface area (Å²) >= 11 is 5.81. The van der Waals surface area contributed by atoms with Gasteiger partial charge in [-0.05, 0) is 6.42 Å². The van der Waals surface area contributed by atoms with Crippen LogP contribution in [0, 0.1) is 11.6 Å². The highest BCUT2D eigenvalue weighted by atomic mass is 35.5. The molecule has 2 aromatic heterocycles. The third-order valence-corrected chi connectivity index (χ3v) is 4.76. The number of hydrogen-bond acceptors (Lipinski definition) is 5. The summed E-state index contributed by atoms with van der Waals surface area (Å²) in [5.41, 5.74) is 6.13. The second-order valence-electron chi connectivity index (χ2n) is 6.49. The first-order valence-electron chi connectivity index (χ1n) is 8.38. The summed E-state index contributed by atoms with van der Waals surface area (Å²) in [5, 5.41) is 0.374. The van der Waals surface area contributed by atoms with Gasteiger partial charge in [0.15, 0.2) is 5.82 Å². The van der Waals surface area contributed by atoms with Crippen molar-refractivity contribution in [2.45, 2.75) is 25.2 Å². The number of piperidine rings is 1. The van der Waals surface area contributed by atoms with Crippen LogP contribution in [0.1, 0.15) is 12.2 Å². The lowest BCUT2D eigenvalue weighted by Gasteiger charge is -2.34. The number of anilines is 1. The zero-order valence-corrected chi connectivity index (χ0v) is 14.9. The first kappa shape index (κ1) is 18.0. The molecule has 10 heteroatoms. The molecule has 1 unspecified atom stereocenters. The van der Waals surface area contributed by atoms with Gasteiger partial charge in [-0.1, -0.05) is 11.6 Å². The lowest BCUT2D eigenvalue weighted by atomic mass is 10.1. The van der Waals surface area contributed by atoms with Crippen LogP contribution in [-0.4, -0.2) is 44.8 Å². The molecule has 1 aromatic carbocycles. The van der Waals surface area contributed by atoms with E-state index in [9.17, 15) is 13.2 Å². The first-order chi connectivity index (χ1) is 12.9. The molecule has 0 saturated carbocycles. The van der Waals surface area contributed by atoms with E-state index in [0.29, 0.717) is 23.3 Å². The molecule has 0 bridgehead atoms. The third kappa shape index (κ3) is 3.44. The summed E-state index contributed by atoms with van der Waals surface area (Å²) in [4.78, 5) is 14.4. The van der Waals surface area contributed by atoms with Crippen LogP contribution in [-0.2, 0) is 6.54 Å². The molecule has 0 amide bonds. The monoisotopic (exact) mass is 396 g/mol. The number of hydrogen-bond donors (Lipinski definition) is 1. The Morgan fingerprint density at radius 1 is 1.22 bits per heavy atom. The molecule has 3 heterocycles. The third-order valence-electron chi connectivity index (χ3n) is 4.57. The van der Waals surface area contributed by atoms with Crippen LogP contribution in [0.2, 0.25) is 5.02 Å². The van der Waals surface area contributed by atoms with Crippen LogP contribution in [0.25, 0.3) is 11.0 Å². The van der Waals surface area contributed by atoms with E-state index in [1.54, 1.807) is 9.47 Å². The quantitative estimate of drug-likeness (QED) is 0.737. The van der Waals surface area contributed by atoms with E-state index >= 15 is 0 Å². The number of nitrogens with zero attached hydrogens (tertiary/aromatic N) is 5. The number of imidazole rings is 1. The molecule has 6 nitrogen and oxygen atoms in total. The lowest BCUT2D eigenvalue weighted by molar-refractivity contribution is 0.243. The predicted molar refractivity (Wildman–Crippen MR) is 95.5 cm³/mol. The van der Waals surface area contributed by atoms with Crippen LogP contribution in [0.4, 0.5) is 19.1 Å². The summed E-state index contributed by atoms with van der Waals surface area (Å²) < 4.78 is 43.5. The van der Waals surface area contributed by atoms with Gasteiger partial charge in [0.05, 0.1) is 23.1 Å². The summed E-state index contributed by atoms with van der Waals surface area (Å²) in [6.45, 7) is 0.677. The lowest BCUT2D eigenvalue weighted by Crippen LogP contribution is -2.50. The topological polar surface area (TPSA) is 72.9 Å². The van der Waals surface area contributed by atoms with Crippen LogP contribution >= 0.6 is 11.6 Å². The van der Waals surface area contributed by atoms with Gasteiger partial charge in [0, 0.05) is 37.6 Å². The summed E-state index contributed by atoms with van der Waals surface area (Å²) in [6, 6.07) is 1.27. The SMILES string of the molecule is N[C@@H]1CN(c2nc3cc(F)cc(F)c3n2Cc2ncc(Cl)cn2)CCC1F. The molecule has 1 fully saturated rings. The Labute approximate surface area is 157 Å². The van der Waals surface area contributed by atoms with Gasteiger partial charge in [0.1, 0.15) is 23.3 Å². The molecule has 142 valence electrons. The summed E-state index contributed by atoms with van der Waals surface area (Å²) in [6.07, 6.45) is 2.00. The maximum absolute atomic E-state index is 14.5. The molecule has 0 spiro atoms. The second-order valence-corrected chi connectivity index (χ2v) is 6.92. The molecule has 1 saturated heterocycles. The zero-order valence-electron chi connectivity index (χ0n) is 14.1. The van der Waals surface area contributed by atoms with Crippen molar-refractivity contribution >= 4 is 28.6 Å². The normalized spacial score (nSPS) is 20.4. The Bertz CT molecular complexity index is 977. The van der Waals surface area contributed by atoms with Crippen molar-refractivity contribution in [1.29, 1.82) is 0 Å². The molecular formula is C17H16ClF3N6. The highest BCUT2D eigenvalue weighted by Gasteiger charge is 2.30. The number of fused-ring (bicyclic) bond motifs is 1. The minimum absolute atomic E-state index is 0.0936. The summed E-state index contributed by atoms with van der Waals surface area (Å²) in [5.74, 6) is -0.718. The number of aromatic nitrogens is 4. The molecule has 4 rings (SSSR count). The van der Waals surface area contributed by atoms with E-state index in [-0.39, 0.29) is 30.5 Å². The fourth-order valence-corrected chi connectivity index (χ4v) is 3.36. The Kier molecular flexibility index (Phi) is 4.65. The average Bonchev–Trinajstić information content (AvgIpc) is 2.97. The number of rotatable bonds is 3. The largest absolute Gasteiger partial charge is 0.340 e. The number of nitrogens with two attached hydrogens (primary N) is 1. The average molecular weight is 397 g/mol. The van der Waals surface area contributed by atoms with Gasteiger partial charge in [-0.25, -0.2) is 28.1 Å². The molecule has 27 heavy (non-hydrogen) atoms. The van der Waals surface area contributed by atoms with Crippen molar-refractivity contribution in [2.75, 3.05) is 18.0 Å². The second kappa shape index (κ2) is 6.97. The Morgan fingerprint density at radius 3 is 2.67 bits per heavy atom. The van der Waals surface area contributed by atoms with Gasteiger partial charge in [0.2, 0.25) is 5.95 Å². The molecule has 3 aromatic rings. The molecular weight excluding hydrogens is 381 g/mol. The van der Waals surface area contributed by atoms with E-state index < -0.39 is 23.8 Å². The molecule has 2 atom stereocenters. The number of halogens is 4. The zero-order chi connectivity index (χ0) is 19.1. The smallest absolute Gasteiger partial charge is 0.207 e. The van der Waals surface area contributed by atoms with E-state index in [1.807, 2.05) is 0 Å². The maximum Gasteiger partial charge on any atom is 0.207 e. The fraction of sp³-hybridized carbons (Fsp3) is 0.353. The van der Waals surface area contributed by atoms with Crippen molar-refractivity contribution in [3.63, 3.8) is 0 Å². The van der Waals surface area contributed by atoms with E-state index in [1.165, 1.54) is 12.4 Å². The van der Waals surface area contributed by atoms with Crippen LogP contribution in [0.5, 0.6) is 0 Å². The highest BCUT2D eigenvalue weighted by Crippen LogP contribution is 2.29. The van der Waals surface area contributed by atoms with Crippen molar-refractivity contribution in [2.24, 2.45) is 5.73 Å². The van der Waals surface area contributed by atoms with E-state index in [0.717, 1.165) is 12.1 Å². The van der Waals surface area contributed by atoms with Crippen molar-refractivity contribution in [3.8, 4) is 0 Å². The maximum atomic E-state index is 14.5. The van der Waals surface area contributed by atoms with E-state index in [4.69, 9.17) is 17.3 Å². The molecule has 0 radical (unpaired) electrons. The van der Waals surface area contributed by atoms with Gasteiger partial charge in [-0.2, -0.15) is 0 Å². The van der Waals surface area contributed by atoms with Crippen molar-refractivity contribution < 1.29 is 13.2 Å². The Morgan fingerprint density at radius 2 is 1.96 bits per heavy atom. The Balaban J connectivity index is 1.82. The van der Waals surface area contributed by atoms with Gasteiger partial charge < -0.3 is 10.6 Å². The molecule has 1 aliphatic heterocycles. The predicted octanol–water partition coefficient (Wildman–Crippen LogP) is 2.68. The van der Waals surface area contributed by atoms with Crippen molar-refractivity contribution in [1.82, 2.24) is 19.5 Å². The standard InChI is InChI=1S/C17H16ClF3N6/c18-9-5-23-15(24-6-9)8-27-16-12(21)3-10(19)4-14(16)25-17(27)26-2-1-11(20)13(22)7-26/h3-6,11,13H,1-2,7-8,22H2/t11?,13-/m1/s1. The summed E-state index contributed by atoms with van der Waals surface area (Å²) in [7, 11) is 0. The van der Waals surface area contributed by atoms with Gasteiger partial charge in [0.25, 0.3) is 0 Å². The molecule has 1 aliphatic rings. The minimum Gasteiger partial charge on any atom is -0.340 e. The van der Waals surface area contributed by atoms with Gasteiger partial charge >= 0.3 is 0 Å². The van der Waals surface area contributed by atoms with Crippen LogP contribution < -0.4 is 10.6 Å². The minimum atomic E-state index is -1.10. The molecule has 2 N–H and O–H groups in total. The van der Waals surface area contributed by atoms with Gasteiger partial charge in [-0.15, -0.1) is 0 Å². The fourth-order valence-electron chi connectivity index (χ4n) is 3.26. The molecule has 0 aliphatic carbocycles. The van der Waals surface area contributed by atoms with Crippen LogP contribution in [0.15, 0.2) is 24.5 Å².